The highest BCUT2D eigenvalue weighted by Crippen LogP contribution is 2.28. The molecule has 2 aromatic rings. The van der Waals surface area contributed by atoms with Crippen LogP contribution in [0.25, 0.3) is 0 Å². The van der Waals surface area contributed by atoms with E-state index in [1.54, 1.807) is 6.07 Å². The first-order valence-electron chi connectivity index (χ1n) is 7.28. The topological polar surface area (TPSA) is 51.7 Å². The molecule has 0 atom stereocenters. The van der Waals surface area contributed by atoms with Crippen molar-refractivity contribution in [2.75, 3.05) is 25.7 Å². The summed E-state index contributed by atoms with van der Waals surface area (Å²) in [5.74, 6) is 0.589. The summed E-state index contributed by atoms with van der Waals surface area (Å²) in [7, 11) is 2.83. The number of hydrogen-bond acceptors (Lipinski definition) is 5. The highest BCUT2D eigenvalue weighted by atomic mass is 35.5. The number of hydrogen-bond donors (Lipinski definition) is 0. The second kappa shape index (κ2) is 6.46. The number of aromatic nitrogens is 1. The smallest absolute Gasteiger partial charge is 0.343 e. The van der Waals surface area contributed by atoms with Gasteiger partial charge in [0.25, 0.3) is 0 Å². The van der Waals surface area contributed by atoms with Gasteiger partial charge in [0.15, 0.2) is 0 Å². The van der Waals surface area contributed by atoms with Gasteiger partial charge in [-0.25, -0.2) is 4.79 Å². The van der Waals surface area contributed by atoms with Crippen LogP contribution in [0.1, 0.15) is 21.5 Å². The maximum atomic E-state index is 11.7. The zero-order chi connectivity index (χ0) is 16.4. The van der Waals surface area contributed by atoms with Gasteiger partial charge in [0.2, 0.25) is 5.88 Å². The molecule has 23 heavy (non-hydrogen) atoms. The Morgan fingerprint density at radius 1 is 1.22 bits per heavy atom. The second-order valence-electron chi connectivity index (χ2n) is 5.30. The van der Waals surface area contributed by atoms with Crippen LogP contribution in [-0.4, -0.2) is 31.7 Å². The first-order valence-corrected chi connectivity index (χ1v) is 7.65. The van der Waals surface area contributed by atoms with Crippen molar-refractivity contribution in [2.24, 2.45) is 0 Å². The third-order valence-electron chi connectivity index (χ3n) is 3.95. The van der Waals surface area contributed by atoms with Gasteiger partial charge in [0, 0.05) is 18.1 Å². The van der Waals surface area contributed by atoms with Crippen LogP contribution in [0.2, 0.25) is 5.02 Å². The molecule has 1 aromatic heterocycles. The molecule has 0 bridgehead atoms. The Labute approximate surface area is 139 Å². The quantitative estimate of drug-likeness (QED) is 0.808. The molecule has 0 spiro atoms. The Balaban J connectivity index is 1.88. The van der Waals surface area contributed by atoms with E-state index in [9.17, 15) is 4.79 Å². The van der Waals surface area contributed by atoms with Crippen molar-refractivity contribution in [3.63, 3.8) is 0 Å². The molecule has 0 aliphatic carbocycles. The van der Waals surface area contributed by atoms with Crippen LogP contribution in [0.15, 0.2) is 30.3 Å². The molecule has 1 aliphatic rings. The number of fused-ring (bicyclic) bond motifs is 1. The van der Waals surface area contributed by atoms with Crippen molar-refractivity contribution in [1.82, 2.24) is 4.98 Å². The van der Waals surface area contributed by atoms with Crippen LogP contribution in [0.4, 0.5) is 5.82 Å². The predicted octanol–water partition coefficient (Wildman–Crippen LogP) is 3.09. The molecule has 1 aliphatic heterocycles. The van der Waals surface area contributed by atoms with Crippen LogP contribution in [-0.2, 0) is 17.7 Å². The fourth-order valence-corrected chi connectivity index (χ4v) is 2.94. The van der Waals surface area contributed by atoms with Crippen LogP contribution in [0.3, 0.4) is 0 Å². The molecular formula is C17H17ClN2O3. The number of pyridine rings is 1. The summed E-state index contributed by atoms with van der Waals surface area (Å²) < 4.78 is 9.97. The number of anilines is 1. The SMILES string of the molecule is COC(=O)c1ccc(N2CCc3cc(Cl)ccc3C2)nc1OC. The Bertz CT molecular complexity index is 749. The summed E-state index contributed by atoms with van der Waals surface area (Å²) in [5, 5.41) is 0.763. The minimum absolute atomic E-state index is 0.274. The van der Waals surface area contributed by atoms with E-state index in [4.69, 9.17) is 21.1 Å². The lowest BCUT2D eigenvalue weighted by molar-refractivity contribution is 0.0596. The summed E-state index contributed by atoms with van der Waals surface area (Å²) in [6.45, 7) is 1.58. The summed E-state index contributed by atoms with van der Waals surface area (Å²) in [6, 6.07) is 9.46. The van der Waals surface area contributed by atoms with Crippen molar-refractivity contribution < 1.29 is 14.3 Å². The van der Waals surface area contributed by atoms with Gasteiger partial charge in [0.05, 0.1) is 14.2 Å². The maximum absolute atomic E-state index is 11.7. The number of esters is 1. The normalized spacial score (nSPS) is 13.4. The van der Waals surface area contributed by atoms with Gasteiger partial charge < -0.3 is 14.4 Å². The van der Waals surface area contributed by atoms with Gasteiger partial charge in [-0.1, -0.05) is 17.7 Å². The number of benzene rings is 1. The number of carbonyl (C=O) groups excluding carboxylic acids is 1. The Hall–Kier alpha value is -2.27. The first kappa shape index (κ1) is 15.6. The van der Waals surface area contributed by atoms with Gasteiger partial charge >= 0.3 is 5.97 Å². The predicted molar refractivity (Wildman–Crippen MR) is 88.3 cm³/mol. The molecule has 5 nitrogen and oxygen atoms in total. The van der Waals surface area contributed by atoms with Gasteiger partial charge in [0.1, 0.15) is 11.4 Å². The summed E-state index contributed by atoms with van der Waals surface area (Å²) in [6.07, 6.45) is 0.901. The third-order valence-corrected chi connectivity index (χ3v) is 4.18. The molecule has 0 unspecified atom stereocenters. The van der Waals surface area contributed by atoms with Gasteiger partial charge in [-0.15, -0.1) is 0 Å². The van der Waals surface area contributed by atoms with Crippen LogP contribution in [0.5, 0.6) is 5.88 Å². The van der Waals surface area contributed by atoms with Crippen LogP contribution >= 0.6 is 11.6 Å². The Kier molecular flexibility index (Phi) is 4.39. The lowest BCUT2D eigenvalue weighted by Gasteiger charge is -2.30. The van der Waals surface area contributed by atoms with E-state index >= 15 is 0 Å². The summed E-state index contributed by atoms with van der Waals surface area (Å²) in [5.41, 5.74) is 2.83. The number of rotatable bonds is 3. The number of methoxy groups -OCH3 is 2. The zero-order valence-electron chi connectivity index (χ0n) is 13.0. The Morgan fingerprint density at radius 2 is 2.04 bits per heavy atom. The van der Waals surface area contributed by atoms with E-state index in [2.05, 4.69) is 9.88 Å². The highest BCUT2D eigenvalue weighted by molar-refractivity contribution is 6.30. The molecular weight excluding hydrogens is 316 g/mol. The summed E-state index contributed by atoms with van der Waals surface area (Å²) >= 11 is 6.04. The van der Waals surface area contributed by atoms with Crippen LogP contribution in [0, 0.1) is 0 Å². The van der Waals surface area contributed by atoms with Crippen molar-refractivity contribution >= 4 is 23.4 Å². The van der Waals surface area contributed by atoms with E-state index < -0.39 is 5.97 Å². The minimum Gasteiger partial charge on any atom is -0.480 e. The van der Waals surface area contributed by atoms with Gasteiger partial charge in [-0.05, 0) is 41.8 Å². The molecule has 0 saturated carbocycles. The van der Waals surface area contributed by atoms with Crippen LogP contribution < -0.4 is 9.64 Å². The van der Waals surface area contributed by atoms with E-state index in [1.165, 1.54) is 25.3 Å². The van der Waals surface area contributed by atoms with Crippen molar-refractivity contribution in [2.45, 2.75) is 13.0 Å². The largest absolute Gasteiger partial charge is 0.480 e. The molecule has 0 amide bonds. The zero-order valence-corrected chi connectivity index (χ0v) is 13.8. The van der Waals surface area contributed by atoms with Crippen molar-refractivity contribution in [3.05, 3.63) is 52.0 Å². The third kappa shape index (κ3) is 3.10. The number of halogens is 1. The molecule has 0 saturated heterocycles. The number of ether oxygens (including phenoxy) is 2. The average molecular weight is 333 g/mol. The van der Waals surface area contributed by atoms with E-state index in [0.717, 1.165) is 30.4 Å². The molecule has 0 fully saturated rings. The molecule has 0 radical (unpaired) electrons. The average Bonchev–Trinajstić information content (AvgIpc) is 2.60. The fraction of sp³-hybridized carbons (Fsp3) is 0.294. The van der Waals surface area contributed by atoms with E-state index in [0.29, 0.717) is 5.56 Å². The second-order valence-corrected chi connectivity index (χ2v) is 5.74. The molecule has 2 heterocycles. The molecule has 0 N–H and O–H groups in total. The monoisotopic (exact) mass is 332 g/mol. The molecule has 1 aromatic carbocycles. The molecule has 6 heteroatoms. The summed E-state index contributed by atoms with van der Waals surface area (Å²) in [4.78, 5) is 18.3. The van der Waals surface area contributed by atoms with E-state index in [1.807, 2.05) is 24.3 Å². The standard InChI is InChI=1S/C17H17ClN2O3/c1-22-16-14(17(21)23-2)5-6-15(19-16)20-8-7-11-9-13(18)4-3-12(11)10-20/h3-6,9H,7-8,10H2,1-2H3. The van der Waals surface area contributed by atoms with Gasteiger partial charge in [-0.2, -0.15) is 4.98 Å². The van der Waals surface area contributed by atoms with E-state index in [-0.39, 0.29) is 5.88 Å². The highest BCUT2D eigenvalue weighted by Gasteiger charge is 2.21. The molecule has 3 rings (SSSR count). The number of nitrogens with zero attached hydrogens (tertiary/aromatic N) is 2. The molecule has 120 valence electrons. The number of carbonyl (C=O) groups is 1. The lowest BCUT2D eigenvalue weighted by Crippen LogP contribution is -2.31. The maximum Gasteiger partial charge on any atom is 0.343 e. The first-order chi connectivity index (χ1) is 11.1. The fourth-order valence-electron chi connectivity index (χ4n) is 2.74. The van der Waals surface area contributed by atoms with Crippen molar-refractivity contribution in [1.29, 1.82) is 0 Å². The minimum atomic E-state index is -0.459. The lowest BCUT2D eigenvalue weighted by atomic mass is 10.00. The Morgan fingerprint density at radius 3 is 2.78 bits per heavy atom. The van der Waals surface area contributed by atoms with Crippen molar-refractivity contribution in [3.8, 4) is 5.88 Å². The van der Waals surface area contributed by atoms with Gasteiger partial charge in [-0.3, -0.25) is 0 Å².